The number of hydrazone groups is 1. The summed E-state index contributed by atoms with van der Waals surface area (Å²) in [5.74, 6) is 1.01. The fourth-order valence-corrected chi connectivity index (χ4v) is 3.39. The van der Waals surface area contributed by atoms with Crippen LogP contribution in [-0.4, -0.2) is 17.9 Å². The van der Waals surface area contributed by atoms with Gasteiger partial charge in [0.15, 0.2) is 0 Å². The predicted molar refractivity (Wildman–Crippen MR) is 103 cm³/mol. The summed E-state index contributed by atoms with van der Waals surface area (Å²) in [7, 11) is 0. The van der Waals surface area contributed by atoms with Gasteiger partial charge in [-0.15, -0.1) is 11.8 Å². The van der Waals surface area contributed by atoms with Gasteiger partial charge in [-0.3, -0.25) is 4.79 Å². The predicted octanol–water partition coefficient (Wildman–Crippen LogP) is 4.77. The van der Waals surface area contributed by atoms with Crippen LogP contribution >= 0.6 is 11.8 Å². The number of fused-ring (bicyclic) bond motifs is 1. The van der Waals surface area contributed by atoms with Gasteiger partial charge in [0.25, 0.3) is 0 Å². The van der Waals surface area contributed by atoms with Crippen molar-refractivity contribution >= 4 is 34.9 Å². The normalized spacial score (nSPS) is 11.3. The van der Waals surface area contributed by atoms with Gasteiger partial charge in [0, 0.05) is 34.4 Å². The first-order valence-corrected chi connectivity index (χ1v) is 9.36. The van der Waals surface area contributed by atoms with Crippen LogP contribution in [0.2, 0.25) is 0 Å². The average molecular weight is 370 g/mol. The van der Waals surface area contributed by atoms with Gasteiger partial charge in [-0.25, -0.2) is 9.82 Å². The van der Waals surface area contributed by atoms with E-state index in [1.807, 2.05) is 31.2 Å². The number of rotatable bonds is 7. The number of nitrogens with zero attached hydrogens (tertiary/aromatic N) is 1. The van der Waals surface area contributed by atoms with Crippen molar-refractivity contribution in [3.63, 3.8) is 0 Å². The number of para-hydroxylation sites is 1. The van der Waals surface area contributed by atoms with Gasteiger partial charge < -0.3 is 4.42 Å². The standard InChI is InChI=1S/C20H19FN2O2S/c1-2-18-17(16-5-3-4-6-19(16)25-18)13-22-23-20(24)11-12-26-15-9-7-14(21)8-10-15/h3-10,13H,2,11-12H2,1H3,(H,23,24)/b22-13-. The van der Waals surface area contributed by atoms with Crippen molar-refractivity contribution in [2.24, 2.45) is 5.10 Å². The number of carbonyl (C=O) groups excluding carboxylic acids is 1. The summed E-state index contributed by atoms with van der Waals surface area (Å²) in [5.41, 5.74) is 4.25. The average Bonchev–Trinajstić information content (AvgIpc) is 3.01. The number of furan rings is 1. The molecule has 0 atom stereocenters. The number of hydrogen-bond donors (Lipinski definition) is 1. The van der Waals surface area contributed by atoms with Crippen LogP contribution in [0.1, 0.15) is 24.7 Å². The van der Waals surface area contributed by atoms with E-state index in [1.54, 1.807) is 18.3 Å². The maximum atomic E-state index is 12.8. The highest BCUT2D eigenvalue weighted by molar-refractivity contribution is 7.99. The Kier molecular flexibility index (Phi) is 6.07. The van der Waals surface area contributed by atoms with Crippen LogP contribution in [0.25, 0.3) is 11.0 Å². The van der Waals surface area contributed by atoms with Crippen LogP contribution in [-0.2, 0) is 11.2 Å². The molecule has 1 heterocycles. The van der Waals surface area contributed by atoms with Crippen molar-refractivity contribution in [2.45, 2.75) is 24.7 Å². The van der Waals surface area contributed by atoms with Crippen molar-refractivity contribution < 1.29 is 13.6 Å². The molecule has 0 aliphatic heterocycles. The maximum Gasteiger partial charge on any atom is 0.240 e. The highest BCUT2D eigenvalue weighted by Crippen LogP contribution is 2.24. The van der Waals surface area contributed by atoms with Crippen LogP contribution in [0.5, 0.6) is 0 Å². The first-order chi connectivity index (χ1) is 12.7. The molecule has 0 fully saturated rings. The molecule has 0 saturated carbocycles. The second kappa shape index (κ2) is 8.67. The SMILES string of the molecule is CCc1oc2ccccc2c1/C=N\NC(=O)CCSc1ccc(F)cc1. The van der Waals surface area contributed by atoms with E-state index in [0.29, 0.717) is 12.2 Å². The molecule has 0 radical (unpaired) electrons. The molecule has 2 aromatic carbocycles. The Labute approximate surface area is 155 Å². The van der Waals surface area contributed by atoms with Gasteiger partial charge in [0.05, 0.1) is 6.21 Å². The topological polar surface area (TPSA) is 54.6 Å². The van der Waals surface area contributed by atoms with E-state index in [-0.39, 0.29) is 11.7 Å². The van der Waals surface area contributed by atoms with Crippen LogP contribution in [0.4, 0.5) is 4.39 Å². The molecule has 0 unspecified atom stereocenters. The minimum Gasteiger partial charge on any atom is -0.460 e. The van der Waals surface area contributed by atoms with E-state index in [0.717, 1.165) is 33.6 Å². The molecule has 0 aliphatic carbocycles. The molecule has 134 valence electrons. The Balaban J connectivity index is 1.53. The van der Waals surface area contributed by atoms with E-state index < -0.39 is 0 Å². The van der Waals surface area contributed by atoms with Crippen LogP contribution in [0.3, 0.4) is 0 Å². The Morgan fingerprint density at radius 2 is 2.00 bits per heavy atom. The zero-order valence-electron chi connectivity index (χ0n) is 14.4. The van der Waals surface area contributed by atoms with E-state index in [2.05, 4.69) is 10.5 Å². The molecule has 1 N–H and O–H groups in total. The van der Waals surface area contributed by atoms with Crippen molar-refractivity contribution in [1.82, 2.24) is 5.43 Å². The lowest BCUT2D eigenvalue weighted by Crippen LogP contribution is -2.17. The fraction of sp³-hybridized carbons (Fsp3) is 0.200. The van der Waals surface area contributed by atoms with E-state index in [9.17, 15) is 9.18 Å². The second-order valence-corrected chi connectivity index (χ2v) is 6.80. The number of hydrogen-bond acceptors (Lipinski definition) is 4. The van der Waals surface area contributed by atoms with Crippen LogP contribution in [0.15, 0.2) is 62.9 Å². The highest BCUT2D eigenvalue weighted by Gasteiger charge is 2.10. The zero-order valence-corrected chi connectivity index (χ0v) is 15.2. The van der Waals surface area contributed by atoms with Gasteiger partial charge in [0.1, 0.15) is 17.2 Å². The summed E-state index contributed by atoms with van der Waals surface area (Å²) >= 11 is 1.50. The van der Waals surface area contributed by atoms with Crippen molar-refractivity contribution in [2.75, 3.05) is 5.75 Å². The number of benzene rings is 2. The molecule has 3 rings (SSSR count). The van der Waals surface area contributed by atoms with Crippen molar-refractivity contribution in [3.05, 3.63) is 65.7 Å². The van der Waals surface area contributed by atoms with Gasteiger partial charge in [-0.1, -0.05) is 25.1 Å². The maximum absolute atomic E-state index is 12.8. The molecule has 0 spiro atoms. The molecule has 0 aliphatic rings. The fourth-order valence-electron chi connectivity index (χ4n) is 2.54. The summed E-state index contributed by atoms with van der Waals surface area (Å²) in [5, 5.41) is 5.05. The number of nitrogens with one attached hydrogen (secondary N) is 1. The number of amides is 1. The summed E-state index contributed by atoms with van der Waals surface area (Å²) in [6.45, 7) is 2.01. The molecular weight excluding hydrogens is 351 g/mol. The lowest BCUT2D eigenvalue weighted by Gasteiger charge is -2.01. The third-order valence-corrected chi connectivity index (χ3v) is 4.84. The highest BCUT2D eigenvalue weighted by atomic mass is 32.2. The van der Waals surface area contributed by atoms with Crippen molar-refractivity contribution in [3.8, 4) is 0 Å². The van der Waals surface area contributed by atoms with Gasteiger partial charge >= 0.3 is 0 Å². The molecule has 26 heavy (non-hydrogen) atoms. The number of aryl methyl sites for hydroxylation is 1. The second-order valence-electron chi connectivity index (χ2n) is 5.63. The van der Waals surface area contributed by atoms with E-state index >= 15 is 0 Å². The lowest BCUT2D eigenvalue weighted by molar-refractivity contribution is -0.120. The summed E-state index contributed by atoms with van der Waals surface area (Å²) in [4.78, 5) is 12.8. The van der Waals surface area contributed by atoms with E-state index in [1.165, 1.54) is 23.9 Å². The van der Waals surface area contributed by atoms with Gasteiger partial charge in [-0.05, 0) is 30.3 Å². The summed E-state index contributed by atoms with van der Waals surface area (Å²) < 4.78 is 18.6. The Hall–Kier alpha value is -2.60. The Morgan fingerprint density at radius 1 is 1.23 bits per heavy atom. The largest absolute Gasteiger partial charge is 0.460 e. The number of carbonyl (C=O) groups is 1. The Bertz CT molecular complexity index is 919. The van der Waals surface area contributed by atoms with Crippen LogP contribution in [0, 0.1) is 5.82 Å². The van der Waals surface area contributed by atoms with Crippen LogP contribution < -0.4 is 5.43 Å². The molecule has 3 aromatic rings. The monoisotopic (exact) mass is 370 g/mol. The molecule has 4 nitrogen and oxygen atoms in total. The van der Waals surface area contributed by atoms with E-state index in [4.69, 9.17) is 4.42 Å². The molecule has 1 aromatic heterocycles. The molecule has 0 saturated heterocycles. The molecule has 6 heteroatoms. The minimum atomic E-state index is -0.264. The quantitative estimate of drug-likeness (QED) is 0.370. The summed E-state index contributed by atoms with van der Waals surface area (Å²) in [6, 6.07) is 14.0. The molecule has 1 amide bonds. The van der Waals surface area contributed by atoms with Gasteiger partial charge in [-0.2, -0.15) is 5.10 Å². The zero-order chi connectivity index (χ0) is 18.4. The first-order valence-electron chi connectivity index (χ1n) is 8.38. The lowest BCUT2D eigenvalue weighted by atomic mass is 10.1. The first kappa shape index (κ1) is 18.2. The molecular formula is C20H19FN2O2S. The summed E-state index contributed by atoms with van der Waals surface area (Å²) in [6.07, 6.45) is 2.71. The Morgan fingerprint density at radius 3 is 2.77 bits per heavy atom. The third kappa shape index (κ3) is 4.52. The van der Waals surface area contributed by atoms with Crippen molar-refractivity contribution in [1.29, 1.82) is 0 Å². The third-order valence-electron chi connectivity index (χ3n) is 3.83. The molecule has 0 bridgehead atoms. The number of thioether (sulfide) groups is 1. The van der Waals surface area contributed by atoms with Gasteiger partial charge in [0.2, 0.25) is 5.91 Å². The minimum absolute atomic E-state index is 0.165. The number of halogens is 1. The smallest absolute Gasteiger partial charge is 0.240 e.